The Kier molecular flexibility index (Phi) is 8.48. The molecule has 40 heavy (non-hydrogen) atoms. The summed E-state index contributed by atoms with van der Waals surface area (Å²) in [4.78, 5) is 18.2. The topological polar surface area (TPSA) is 64.9 Å². The Morgan fingerprint density at radius 3 is 2.58 bits per heavy atom. The largest absolute Gasteiger partial charge is 0.489 e. The van der Waals surface area contributed by atoms with Crippen LogP contribution in [-0.2, 0) is 12.7 Å². The molecule has 0 radical (unpaired) electrons. The smallest absolute Gasteiger partial charge is 0.416 e. The van der Waals surface area contributed by atoms with Crippen LogP contribution in [0, 0.1) is 5.41 Å². The van der Waals surface area contributed by atoms with Crippen LogP contribution < -0.4 is 14.8 Å². The number of thiazole rings is 1. The summed E-state index contributed by atoms with van der Waals surface area (Å²) in [5.74, 6) is -0.571. The Morgan fingerprint density at radius 2 is 1.88 bits per heavy atom. The van der Waals surface area contributed by atoms with Crippen LogP contribution in [0.25, 0.3) is 17.1 Å². The highest BCUT2D eigenvalue weighted by Crippen LogP contribution is 2.35. The van der Waals surface area contributed by atoms with E-state index in [4.69, 9.17) is 4.74 Å². The summed E-state index contributed by atoms with van der Waals surface area (Å²) in [6.07, 6.45) is 0.272. The number of nitrogens with one attached hydrogen (secondary N) is 1. The van der Waals surface area contributed by atoms with Gasteiger partial charge >= 0.3 is 12.8 Å². The number of carbonyl (C=O) groups is 1. The van der Waals surface area contributed by atoms with Crippen LogP contribution in [-0.4, -0.2) is 28.5 Å². The average molecular weight is 580 g/mol. The van der Waals surface area contributed by atoms with Gasteiger partial charge in [-0.15, -0.1) is 11.3 Å². The lowest BCUT2D eigenvalue weighted by Crippen LogP contribution is -2.25. The number of imidazole rings is 1. The van der Waals surface area contributed by atoms with Gasteiger partial charge in [-0.05, 0) is 41.3 Å². The number of nitrogens with zero attached hydrogens (tertiary/aromatic N) is 2. The van der Waals surface area contributed by atoms with E-state index in [1.165, 1.54) is 35.6 Å². The van der Waals surface area contributed by atoms with Gasteiger partial charge in [0.1, 0.15) is 5.69 Å². The highest BCUT2D eigenvalue weighted by Gasteiger charge is 2.30. The number of fused-ring (bicyclic) bond motifs is 1. The van der Waals surface area contributed by atoms with E-state index in [1.54, 1.807) is 34.2 Å². The molecule has 0 saturated carbocycles. The SMILES string of the molecule is CC(C)(C)COc1c(C=Cc2nc3sccn3c2C(=O)NCc2cccc(C(F)(F)F)c2)cccc1OC(F)F. The molecule has 0 fully saturated rings. The number of ether oxygens (including phenoxy) is 2. The molecule has 0 atom stereocenters. The van der Waals surface area contributed by atoms with Crippen LogP contribution in [0.15, 0.2) is 54.0 Å². The average Bonchev–Trinajstić information content (AvgIpc) is 3.45. The predicted octanol–water partition coefficient (Wildman–Crippen LogP) is 7.54. The summed E-state index contributed by atoms with van der Waals surface area (Å²) < 4.78 is 77.4. The first-order chi connectivity index (χ1) is 18.8. The number of rotatable bonds is 9. The van der Waals surface area contributed by atoms with Gasteiger partial charge in [0, 0.05) is 23.7 Å². The summed E-state index contributed by atoms with van der Waals surface area (Å²) >= 11 is 1.29. The monoisotopic (exact) mass is 579 g/mol. The Hall–Kier alpha value is -3.93. The maximum absolute atomic E-state index is 13.2. The number of benzene rings is 2. The van der Waals surface area contributed by atoms with Gasteiger partial charge in [-0.2, -0.15) is 22.0 Å². The van der Waals surface area contributed by atoms with Gasteiger partial charge in [-0.25, -0.2) is 4.98 Å². The Bertz CT molecular complexity index is 1520. The van der Waals surface area contributed by atoms with Gasteiger partial charge in [-0.3, -0.25) is 9.20 Å². The van der Waals surface area contributed by atoms with Crippen molar-refractivity contribution in [1.29, 1.82) is 0 Å². The van der Waals surface area contributed by atoms with E-state index in [2.05, 4.69) is 15.0 Å². The summed E-state index contributed by atoms with van der Waals surface area (Å²) in [6.45, 7) is 2.83. The minimum atomic E-state index is -4.50. The first-order valence-corrected chi connectivity index (χ1v) is 13.0. The van der Waals surface area contributed by atoms with Gasteiger partial charge in [0.25, 0.3) is 5.91 Å². The van der Waals surface area contributed by atoms with Crippen LogP contribution in [0.1, 0.15) is 53.6 Å². The van der Waals surface area contributed by atoms with Crippen LogP contribution >= 0.6 is 11.3 Å². The molecule has 2 aromatic carbocycles. The summed E-state index contributed by atoms with van der Waals surface area (Å²) in [6, 6.07) is 9.27. The van der Waals surface area contributed by atoms with Crippen molar-refractivity contribution in [3.63, 3.8) is 0 Å². The molecule has 0 aliphatic carbocycles. The normalized spacial score (nSPS) is 12.4. The Labute approximate surface area is 231 Å². The first kappa shape index (κ1) is 29.1. The molecule has 1 amide bonds. The second kappa shape index (κ2) is 11.7. The molecule has 12 heteroatoms. The minimum absolute atomic E-state index is 0.116. The lowest BCUT2D eigenvalue weighted by Gasteiger charge is -2.21. The zero-order valence-corrected chi connectivity index (χ0v) is 22.6. The minimum Gasteiger partial charge on any atom is -0.489 e. The molecule has 0 saturated heterocycles. The third kappa shape index (κ3) is 7.17. The van der Waals surface area contributed by atoms with Crippen LogP contribution in [0.5, 0.6) is 11.5 Å². The molecular weight excluding hydrogens is 553 g/mol. The molecular formula is C28H26F5N3O3S. The number of carbonyl (C=O) groups excluding carboxylic acids is 1. The van der Waals surface area contributed by atoms with E-state index in [0.717, 1.165) is 12.1 Å². The number of hydrogen-bond acceptors (Lipinski definition) is 5. The van der Waals surface area contributed by atoms with Crippen molar-refractivity contribution in [2.45, 2.75) is 40.1 Å². The maximum atomic E-state index is 13.2. The van der Waals surface area contributed by atoms with Gasteiger partial charge in [0.05, 0.1) is 17.9 Å². The number of hydrogen-bond donors (Lipinski definition) is 1. The Morgan fingerprint density at radius 1 is 1.12 bits per heavy atom. The number of alkyl halides is 5. The third-order valence-electron chi connectivity index (χ3n) is 5.51. The molecule has 2 heterocycles. The molecule has 4 rings (SSSR count). The molecule has 6 nitrogen and oxygen atoms in total. The summed E-state index contributed by atoms with van der Waals surface area (Å²) in [5, 5.41) is 4.39. The standard InChI is InChI=1S/C28H26F5N3O3S/c1-27(2,3)16-38-23-18(7-5-9-21(23)39-25(29)30)10-11-20-22(36-12-13-40-26(36)35-20)24(37)34-15-17-6-4-8-19(14-17)28(31,32)33/h4-14,25H,15-16H2,1-3H3,(H,34,37). The van der Waals surface area contributed by atoms with Crippen LogP contribution in [0.2, 0.25) is 0 Å². The highest BCUT2D eigenvalue weighted by atomic mass is 32.1. The van der Waals surface area contributed by atoms with Gasteiger partial charge < -0.3 is 14.8 Å². The van der Waals surface area contributed by atoms with E-state index in [-0.39, 0.29) is 47.0 Å². The zero-order chi connectivity index (χ0) is 29.1. The lowest BCUT2D eigenvalue weighted by molar-refractivity contribution is -0.137. The van der Waals surface area contributed by atoms with Crippen molar-refractivity contribution in [2.24, 2.45) is 5.41 Å². The maximum Gasteiger partial charge on any atom is 0.416 e. The molecule has 2 aromatic heterocycles. The van der Waals surface area contributed by atoms with Crippen molar-refractivity contribution in [3.05, 3.63) is 82.1 Å². The van der Waals surface area contributed by atoms with Crippen molar-refractivity contribution in [1.82, 2.24) is 14.7 Å². The number of para-hydroxylation sites is 1. The van der Waals surface area contributed by atoms with Crippen LogP contribution in [0.4, 0.5) is 22.0 Å². The van der Waals surface area contributed by atoms with Gasteiger partial charge in [0.15, 0.2) is 16.5 Å². The van der Waals surface area contributed by atoms with Crippen molar-refractivity contribution < 1.29 is 36.2 Å². The second-order valence-corrected chi connectivity index (χ2v) is 10.9. The first-order valence-electron chi connectivity index (χ1n) is 12.1. The molecule has 1 N–H and O–H groups in total. The number of amides is 1. The highest BCUT2D eigenvalue weighted by molar-refractivity contribution is 7.15. The van der Waals surface area contributed by atoms with Crippen molar-refractivity contribution in [2.75, 3.05) is 6.61 Å². The van der Waals surface area contributed by atoms with Crippen molar-refractivity contribution >= 4 is 34.4 Å². The molecule has 212 valence electrons. The lowest BCUT2D eigenvalue weighted by atomic mass is 9.98. The van der Waals surface area contributed by atoms with Gasteiger partial charge in [-0.1, -0.05) is 45.0 Å². The van der Waals surface area contributed by atoms with Crippen molar-refractivity contribution in [3.8, 4) is 11.5 Å². The van der Waals surface area contributed by atoms with E-state index < -0.39 is 24.3 Å². The van der Waals surface area contributed by atoms with E-state index in [9.17, 15) is 26.7 Å². The fourth-order valence-electron chi connectivity index (χ4n) is 3.73. The number of aromatic nitrogens is 2. The van der Waals surface area contributed by atoms with E-state index in [0.29, 0.717) is 10.5 Å². The quantitative estimate of drug-likeness (QED) is 0.208. The van der Waals surface area contributed by atoms with E-state index >= 15 is 0 Å². The molecule has 4 aromatic rings. The van der Waals surface area contributed by atoms with Gasteiger partial charge in [0.2, 0.25) is 0 Å². The molecule has 0 spiro atoms. The fourth-order valence-corrected chi connectivity index (χ4v) is 4.45. The Balaban J connectivity index is 1.63. The predicted molar refractivity (Wildman–Crippen MR) is 143 cm³/mol. The number of halogens is 5. The van der Waals surface area contributed by atoms with Crippen LogP contribution in [0.3, 0.4) is 0 Å². The molecule has 0 bridgehead atoms. The second-order valence-electron chi connectivity index (χ2n) is 10.0. The molecule has 0 aliphatic rings. The molecule has 0 aliphatic heterocycles. The fraction of sp³-hybridized carbons (Fsp3) is 0.286. The summed E-state index contributed by atoms with van der Waals surface area (Å²) in [7, 11) is 0. The third-order valence-corrected chi connectivity index (χ3v) is 6.26. The zero-order valence-electron chi connectivity index (χ0n) is 21.8. The summed E-state index contributed by atoms with van der Waals surface area (Å²) in [5.41, 5.74) is 0.0664. The van der Waals surface area contributed by atoms with E-state index in [1.807, 2.05) is 20.8 Å². The molecule has 0 unspecified atom stereocenters.